The van der Waals surface area contributed by atoms with Crippen LogP contribution < -0.4 is 0 Å². The summed E-state index contributed by atoms with van der Waals surface area (Å²) in [7, 11) is 0. The van der Waals surface area contributed by atoms with Gasteiger partial charge in [0.05, 0.1) is 18.4 Å². The van der Waals surface area contributed by atoms with Gasteiger partial charge in [0.2, 0.25) is 0 Å². The maximum atomic E-state index is 12.5. The number of carbonyl (C=O) groups is 2. The molecule has 0 saturated heterocycles. The first-order valence-corrected chi connectivity index (χ1v) is 9.21. The Morgan fingerprint density at radius 1 is 0.852 bits per heavy atom. The summed E-state index contributed by atoms with van der Waals surface area (Å²) in [4.78, 5) is 24.6. The van der Waals surface area contributed by atoms with Gasteiger partial charge in [0.1, 0.15) is 13.2 Å². The third-order valence-electron chi connectivity index (χ3n) is 4.96. The van der Waals surface area contributed by atoms with Crippen molar-refractivity contribution in [3.63, 3.8) is 0 Å². The molecule has 0 aromatic heterocycles. The normalized spacial score (nSPS) is 21.6. The Kier molecular flexibility index (Phi) is 6.60. The maximum absolute atomic E-state index is 12.5. The van der Waals surface area contributed by atoms with Crippen LogP contribution in [0.5, 0.6) is 0 Å². The monoisotopic (exact) mass is 368 g/mol. The van der Waals surface area contributed by atoms with Crippen LogP contribution >= 0.6 is 0 Å². The summed E-state index contributed by atoms with van der Waals surface area (Å²) in [6, 6.07) is 18.8. The number of aliphatic hydroxyl groups excluding tert-OH is 1. The second-order valence-electron chi connectivity index (χ2n) is 6.86. The summed E-state index contributed by atoms with van der Waals surface area (Å²) in [6.07, 6.45) is 0.329. The van der Waals surface area contributed by atoms with Crippen molar-refractivity contribution < 1.29 is 24.2 Å². The number of benzene rings is 2. The van der Waals surface area contributed by atoms with E-state index in [4.69, 9.17) is 9.47 Å². The molecule has 3 atom stereocenters. The van der Waals surface area contributed by atoms with E-state index in [1.54, 1.807) is 0 Å². The molecule has 27 heavy (non-hydrogen) atoms. The van der Waals surface area contributed by atoms with Crippen molar-refractivity contribution in [2.75, 3.05) is 0 Å². The minimum absolute atomic E-state index is 0.0130. The molecule has 3 rings (SSSR count). The maximum Gasteiger partial charge on any atom is 0.309 e. The van der Waals surface area contributed by atoms with Gasteiger partial charge in [-0.05, 0) is 24.0 Å². The predicted molar refractivity (Wildman–Crippen MR) is 99.3 cm³/mol. The van der Waals surface area contributed by atoms with E-state index < -0.39 is 23.9 Å². The number of rotatable bonds is 7. The summed E-state index contributed by atoms with van der Waals surface area (Å²) in [5.41, 5.74) is 1.81. The molecule has 5 nitrogen and oxygen atoms in total. The SMILES string of the molecule is O=C(C[C@@H]1[C@H](O)CC[C@@H]1C(=O)OCc1ccccc1)OCc1ccccc1. The van der Waals surface area contributed by atoms with E-state index in [2.05, 4.69) is 0 Å². The molecule has 0 unspecified atom stereocenters. The van der Waals surface area contributed by atoms with Crippen molar-refractivity contribution in [3.8, 4) is 0 Å². The van der Waals surface area contributed by atoms with Gasteiger partial charge in [0, 0.05) is 5.92 Å². The Morgan fingerprint density at radius 3 is 2.00 bits per heavy atom. The van der Waals surface area contributed by atoms with Crippen LogP contribution in [-0.2, 0) is 32.3 Å². The van der Waals surface area contributed by atoms with Gasteiger partial charge in [-0.25, -0.2) is 0 Å². The smallest absolute Gasteiger partial charge is 0.309 e. The molecule has 5 heteroatoms. The molecule has 0 bridgehead atoms. The third kappa shape index (κ3) is 5.41. The van der Waals surface area contributed by atoms with Gasteiger partial charge in [0.15, 0.2) is 0 Å². The van der Waals surface area contributed by atoms with Gasteiger partial charge >= 0.3 is 11.9 Å². The first-order chi connectivity index (χ1) is 13.1. The molecule has 0 heterocycles. The van der Waals surface area contributed by atoms with E-state index in [0.717, 1.165) is 11.1 Å². The predicted octanol–water partition coefficient (Wildman–Crippen LogP) is 3.25. The summed E-state index contributed by atoms with van der Waals surface area (Å²) in [5.74, 6) is -1.72. The van der Waals surface area contributed by atoms with Crippen molar-refractivity contribution in [2.24, 2.45) is 11.8 Å². The highest BCUT2D eigenvalue weighted by Crippen LogP contribution is 2.36. The van der Waals surface area contributed by atoms with Crippen molar-refractivity contribution in [1.29, 1.82) is 0 Å². The summed E-state index contributed by atoms with van der Waals surface area (Å²) in [6.45, 7) is 0.378. The van der Waals surface area contributed by atoms with Crippen LogP contribution in [0.4, 0.5) is 0 Å². The molecule has 2 aromatic carbocycles. The summed E-state index contributed by atoms with van der Waals surface area (Å²) < 4.78 is 10.7. The van der Waals surface area contributed by atoms with Crippen molar-refractivity contribution >= 4 is 11.9 Å². The second kappa shape index (κ2) is 9.33. The van der Waals surface area contributed by atoms with Crippen LogP contribution in [0.15, 0.2) is 60.7 Å². The zero-order valence-corrected chi connectivity index (χ0v) is 15.1. The average molecular weight is 368 g/mol. The molecule has 1 aliphatic rings. The Hall–Kier alpha value is -2.66. The molecule has 1 fully saturated rings. The van der Waals surface area contributed by atoms with Gasteiger partial charge < -0.3 is 14.6 Å². The highest BCUT2D eigenvalue weighted by Gasteiger charge is 2.41. The highest BCUT2D eigenvalue weighted by molar-refractivity contribution is 5.76. The van der Waals surface area contributed by atoms with Crippen LogP contribution in [0.1, 0.15) is 30.4 Å². The minimum atomic E-state index is -0.691. The Bertz CT molecular complexity index is 744. The third-order valence-corrected chi connectivity index (χ3v) is 4.96. The summed E-state index contributed by atoms with van der Waals surface area (Å²) in [5, 5.41) is 10.2. The van der Waals surface area contributed by atoms with Gasteiger partial charge in [-0.1, -0.05) is 60.7 Å². The number of aliphatic hydroxyl groups is 1. The van der Waals surface area contributed by atoms with Crippen LogP contribution in [0, 0.1) is 11.8 Å². The number of esters is 2. The molecule has 1 aliphatic carbocycles. The second-order valence-corrected chi connectivity index (χ2v) is 6.86. The lowest BCUT2D eigenvalue weighted by molar-refractivity contribution is -0.154. The fourth-order valence-corrected chi connectivity index (χ4v) is 3.44. The van der Waals surface area contributed by atoms with E-state index in [9.17, 15) is 14.7 Å². The molecule has 0 spiro atoms. The largest absolute Gasteiger partial charge is 0.461 e. The molecular weight excluding hydrogens is 344 g/mol. The van der Waals surface area contributed by atoms with Crippen molar-refractivity contribution in [3.05, 3.63) is 71.8 Å². The lowest BCUT2D eigenvalue weighted by atomic mass is 9.91. The van der Waals surface area contributed by atoms with Crippen LogP contribution in [0.2, 0.25) is 0 Å². The fourth-order valence-electron chi connectivity index (χ4n) is 3.44. The van der Waals surface area contributed by atoms with E-state index in [0.29, 0.717) is 12.8 Å². The number of carbonyl (C=O) groups excluding carboxylic acids is 2. The molecule has 0 amide bonds. The van der Waals surface area contributed by atoms with E-state index in [1.165, 1.54) is 0 Å². The molecule has 2 aromatic rings. The lowest BCUT2D eigenvalue weighted by Crippen LogP contribution is -2.29. The zero-order valence-electron chi connectivity index (χ0n) is 15.1. The number of hydrogen-bond acceptors (Lipinski definition) is 5. The van der Waals surface area contributed by atoms with Crippen LogP contribution in [-0.4, -0.2) is 23.1 Å². The molecule has 0 radical (unpaired) electrons. The molecule has 0 aliphatic heterocycles. The van der Waals surface area contributed by atoms with Crippen molar-refractivity contribution in [1.82, 2.24) is 0 Å². The molecule has 1 saturated carbocycles. The zero-order chi connectivity index (χ0) is 19.1. The Labute approximate surface area is 158 Å². The first kappa shape index (κ1) is 19.1. The van der Waals surface area contributed by atoms with E-state index in [1.807, 2.05) is 60.7 Å². The minimum Gasteiger partial charge on any atom is -0.461 e. The Balaban J connectivity index is 1.51. The first-order valence-electron chi connectivity index (χ1n) is 9.21. The molecular formula is C22H24O5. The summed E-state index contributed by atoms with van der Waals surface area (Å²) >= 11 is 0. The fraction of sp³-hybridized carbons (Fsp3) is 0.364. The van der Waals surface area contributed by atoms with E-state index in [-0.39, 0.29) is 25.6 Å². The quantitative estimate of drug-likeness (QED) is 0.760. The van der Waals surface area contributed by atoms with Gasteiger partial charge in [-0.3, -0.25) is 9.59 Å². The number of ether oxygens (including phenoxy) is 2. The van der Waals surface area contributed by atoms with Crippen molar-refractivity contribution in [2.45, 2.75) is 38.6 Å². The number of hydrogen-bond donors (Lipinski definition) is 1. The standard InChI is InChI=1S/C22H24O5/c23-20-12-11-18(22(25)27-15-17-9-5-2-6-10-17)19(20)13-21(24)26-14-16-7-3-1-4-8-16/h1-10,18-20,23H,11-15H2/t18-,19-,20+/m0/s1. The lowest BCUT2D eigenvalue weighted by Gasteiger charge is -2.20. The van der Waals surface area contributed by atoms with Gasteiger partial charge in [-0.15, -0.1) is 0 Å². The van der Waals surface area contributed by atoms with Crippen LogP contribution in [0.25, 0.3) is 0 Å². The molecule has 1 N–H and O–H groups in total. The Morgan fingerprint density at radius 2 is 1.41 bits per heavy atom. The molecule has 142 valence electrons. The average Bonchev–Trinajstić information content (AvgIpc) is 3.06. The topological polar surface area (TPSA) is 72.8 Å². The van der Waals surface area contributed by atoms with Gasteiger partial charge in [-0.2, -0.15) is 0 Å². The van der Waals surface area contributed by atoms with E-state index >= 15 is 0 Å². The highest BCUT2D eigenvalue weighted by atomic mass is 16.5. The van der Waals surface area contributed by atoms with Gasteiger partial charge in [0.25, 0.3) is 0 Å². The van der Waals surface area contributed by atoms with Crippen LogP contribution in [0.3, 0.4) is 0 Å².